The third-order valence-electron chi connectivity index (χ3n) is 17.2. The SMILES string of the molecule is CCCCC/C=C\C/C=C\CCCCCCCCCCCC(=O)OC(COC(=O)CCCCCCCCCCCCCCCCCCCCC)COC(=O)CCCCCCCCCCCCCCCCCCCCCCCCCCCC. The summed E-state index contributed by atoms with van der Waals surface area (Å²) in [5.41, 5.74) is 0. The van der Waals surface area contributed by atoms with Gasteiger partial charge in [0.1, 0.15) is 13.2 Å². The first-order valence-corrected chi connectivity index (χ1v) is 37.3. The van der Waals surface area contributed by atoms with Crippen LogP contribution in [0.2, 0.25) is 0 Å². The number of rotatable bonds is 70. The van der Waals surface area contributed by atoms with Crippen LogP contribution in [0.25, 0.3) is 0 Å². The normalized spacial score (nSPS) is 12.1. The molecule has 1 unspecified atom stereocenters. The van der Waals surface area contributed by atoms with Gasteiger partial charge >= 0.3 is 17.9 Å². The predicted molar refractivity (Wildman–Crippen MR) is 358 cm³/mol. The van der Waals surface area contributed by atoms with Gasteiger partial charge in [0.15, 0.2) is 6.10 Å². The Kier molecular flexibility index (Phi) is 69.5. The summed E-state index contributed by atoms with van der Waals surface area (Å²) in [4.78, 5) is 38.5. The van der Waals surface area contributed by atoms with Gasteiger partial charge in [0.2, 0.25) is 0 Å². The van der Waals surface area contributed by atoms with E-state index in [0.717, 1.165) is 64.2 Å². The maximum atomic E-state index is 13.0. The Morgan fingerprint density at radius 1 is 0.244 bits per heavy atom. The fraction of sp³-hybridized carbons (Fsp3) is 0.908. The van der Waals surface area contributed by atoms with Crippen LogP contribution in [0.1, 0.15) is 425 Å². The summed E-state index contributed by atoms with van der Waals surface area (Å²) in [6.07, 6.45) is 87.9. The fourth-order valence-electron chi connectivity index (χ4n) is 11.6. The van der Waals surface area contributed by atoms with E-state index in [1.165, 1.54) is 321 Å². The molecule has 0 saturated heterocycles. The number of hydrogen-bond acceptors (Lipinski definition) is 6. The molecule has 0 radical (unpaired) electrons. The van der Waals surface area contributed by atoms with Gasteiger partial charge in [0, 0.05) is 19.3 Å². The van der Waals surface area contributed by atoms with Crippen molar-refractivity contribution in [2.75, 3.05) is 13.2 Å². The van der Waals surface area contributed by atoms with Gasteiger partial charge in [-0.3, -0.25) is 14.4 Å². The molecule has 0 bridgehead atoms. The summed E-state index contributed by atoms with van der Waals surface area (Å²) in [6, 6.07) is 0. The summed E-state index contributed by atoms with van der Waals surface area (Å²) in [7, 11) is 0. The average molecular weight is 1150 g/mol. The van der Waals surface area contributed by atoms with Crippen LogP contribution in [0.3, 0.4) is 0 Å². The molecule has 0 rings (SSSR count). The number of ether oxygens (including phenoxy) is 3. The first-order valence-electron chi connectivity index (χ1n) is 37.3. The quantitative estimate of drug-likeness (QED) is 0.0261. The van der Waals surface area contributed by atoms with Crippen LogP contribution < -0.4 is 0 Å². The van der Waals surface area contributed by atoms with E-state index < -0.39 is 6.10 Å². The first kappa shape index (κ1) is 79.9. The van der Waals surface area contributed by atoms with E-state index in [1.807, 2.05) is 0 Å². The summed E-state index contributed by atoms with van der Waals surface area (Å²) in [6.45, 7) is 6.71. The molecular weight excluding hydrogens is 1010 g/mol. The minimum absolute atomic E-state index is 0.0661. The van der Waals surface area contributed by atoms with Crippen LogP contribution >= 0.6 is 0 Å². The second-order valence-electron chi connectivity index (χ2n) is 25.6. The van der Waals surface area contributed by atoms with Crippen molar-refractivity contribution in [3.8, 4) is 0 Å². The zero-order valence-corrected chi connectivity index (χ0v) is 55.8. The molecule has 0 aliphatic heterocycles. The lowest BCUT2D eigenvalue weighted by Crippen LogP contribution is -2.30. The molecule has 1 atom stereocenters. The topological polar surface area (TPSA) is 78.9 Å². The third-order valence-corrected chi connectivity index (χ3v) is 17.2. The molecule has 0 fully saturated rings. The van der Waals surface area contributed by atoms with Crippen molar-refractivity contribution in [1.29, 1.82) is 0 Å². The summed E-state index contributed by atoms with van der Waals surface area (Å²) >= 11 is 0. The molecule has 0 amide bonds. The standard InChI is InChI=1S/C76H144O6/c1-4-7-10-13-16-19-22-25-28-31-34-35-36-37-38-39-40-43-45-48-51-54-57-60-63-66-69-75(78)81-72-73(82-76(79)70-67-64-61-58-55-52-49-46-42-33-30-27-24-21-18-15-12-9-6-3)71-80-74(77)68-65-62-59-56-53-50-47-44-41-32-29-26-23-20-17-14-11-8-5-2/h18,21,27,30,73H,4-17,19-20,22-26,28-29,31-72H2,1-3H3/b21-18-,30-27-. The molecule has 0 aromatic heterocycles. The molecule has 484 valence electrons. The summed E-state index contributed by atoms with van der Waals surface area (Å²) in [5.74, 6) is -0.833. The van der Waals surface area contributed by atoms with Gasteiger partial charge < -0.3 is 14.2 Å². The van der Waals surface area contributed by atoms with E-state index >= 15 is 0 Å². The van der Waals surface area contributed by atoms with Gasteiger partial charge in [-0.15, -0.1) is 0 Å². The van der Waals surface area contributed by atoms with E-state index in [0.29, 0.717) is 19.3 Å². The molecule has 0 aliphatic carbocycles. The Balaban J connectivity index is 4.25. The monoisotopic (exact) mass is 1150 g/mol. The minimum Gasteiger partial charge on any atom is -0.462 e. The maximum absolute atomic E-state index is 13.0. The Morgan fingerprint density at radius 3 is 0.695 bits per heavy atom. The molecule has 0 N–H and O–H groups in total. The van der Waals surface area contributed by atoms with E-state index in [4.69, 9.17) is 14.2 Å². The van der Waals surface area contributed by atoms with Gasteiger partial charge in [-0.25, -0.2) is 0 Å². The molecule has 0 heterocycles. The van der Waals surface area contributed by atoms with Crippen molar-refractivity contribution in [2.24, 2.45) is 0 Å². The number of allylic oxidation sites excluding steroid dienone is 4. The van der Waals surface area contributed by atoms with Crippen LogP contribution in [-0.4, -0.2) is 37.2 Å². The Labute approximate surface area is 513 Å². The molecule has 0 spiro atoms. The fourth-order valence-corrected chi connectivity index (χ4v) is 11.6. The van der Waals surface area contributed by atoms with Gasteiger partial charge in [0.25, 0.3) is 0 Å². The van der Waals surface area contributed by atoms with E-state index in [2.05, 4.69) is 45.1 Å². The van der Waals surface area contributed by atoms with E-state index in [-0.39, 0.29) is 31.1 Å². The number of carbonyl (C=O) groups excluding carboxylic acids is 3. The van der Waals surface area contributed by atoms with Gasteiger partial charge in [-0.05, 0) is 51.4 Å². The van der Waals surface area contributed by atoms with Crippen LogP contribution in [0.15, 0.2) is 24.3 Å². The number of esters is 3. The second kappa shape index (κ2) is 71.4. The third kappa shape index (κ3) is 68.7. The molecule has 6 heteroatoms. The maximum Gasteiger partial charge on any atom is 0.306 e. The predicted octanol–water partition coefficient (Wildman–Crippen LogP) is 25.7. The van der Waals surface area contributed by atoms with Crippen molar-refractivity contribution in [1.82, 2.24) is 0 Å². The summed E-state index contributed by atoms with van der Waals surface area (Å²) < 4.78 is 17.0. The summed E-state index contributed by atoms with van der Waals surface area (Å²) in [5, 5.41) is 0. The zero-order valence-electron chi connectivity index (χ0n) is 55.8. The molecule has 0 aromatic carbocycles. The zero-order chi connectivity index (χ0) is 59.2. The first-order chi connectivity index (χ1) is 40.5. The lowest BCUT2D eigenvalue weighted by atomic mass is 10.0. The van der Waals surface area contributed by atoms with Gasteiger partial charge in [-0.1, -0.05) is 379 Å². The Bertz CT molecular complexity index is 1320. The lowest BCUT2D eigenvalue weighted by molar-refractivity contribution is -0.167. The molecule has 0 aromatic rings. The number of carbonyl (C=O) groups is 3. The molecule has 6 nitrogen and oxygen atoms in total. The molecule has 0 aliphatic rings. The van der Waals surface area contributed by atoms with Crippen molar-refractivity contribution in [2.45, 2.75) is 431 Å². The highest BCUT2D eigenvalue weighted by atomic mass is 16.6. The van der Waals surface area contributed by atoms with Crippen LogP contribution in [0.5, 0.6) is 0 Å². The van der Waals surface area contributed by atoms with E-state index in [1.54, 1.807) is 0 Å². The van der Waals surface area contributed by atoms with Crippen LogP contribution in [-0.2, 0) is 28.6 Å². The minimum atomic E-state index is -0.771. The molecule has 0 saturated carbocycles. The van der Waals surface area contributed by atoms with Gasteiger partial charge in [0.05, 0.1) is 0 Å². The Hall–Kier alpha value is -2.11. The van der Waals surface area contributed by atoms with Crippen molar-refractivity contribution >= 4 is 17.9 Å². The highest BCUT2D eigenvalue weighted by molar-refractivity contribution is 5.71. The lowest BCUT2D eigenvalue weighted by Gasteiger charge is -2.18. The highest BCUT2D eigenvalue weighted by Crippen LogP contribution is 2.19. The smallest absolute Gasteiger partial charge is 0.306 e. The largest absolute Gasteiger partial charge is 0.462 e. The number of unbranched alkanes of at least 4 members (excludes halogenated alkanes) is 55. The van der Waals surface area contributed by atoms with Crippen molar-refractivity contribution < 1.29 is 28.6 Å². The van der Waals surface area contributed by atoms with Crippen molar-refractivity contribution in [3.63, 3.8) is 0 Å². The second-order valence-corrected chi connectivity index (χ2v) is 25.6. The highest BCUT2D eigenvalue weighted by Gasteiger charge is 2.20. The average Bonchev–Trinajstić information content (AvgIpc) is 3.48. The van der Waals surface area contributed by atoms with Crippen LogP contribution in [0.4, 0.5) is 0 Å². The molecule has 82 heavy (non-hydrogen) atoms. The molecular formula is C76H144O6. The Morgan fingerprint density at radius 2 is 0.439 bits per heavy atom. The van der Waals surface area contributed by atoms with Crippen molar-refractivity contribution in [3.05, 3.63) is 24.3 Å². The van der Waals surface area contributed by atoms with Crippen LogP contribution in [0, 0.1) is 0 Å². The van der Waals surface area contributed by atoms with Gasteiger partial charge in [-0.2, -0.15) is 0 Å². The van der Waals surface area contributed by atoms with E-state index in [9.17, 15) is 14.4 Å². The number of hydrogen-bond donors (Lipinski definition) is 0.